The average Bonchev–Trinajstić information content (AvgIpc) is 2.90. The van der Waals surface area contributed by atoms with Gasteiger partial charge >= 0.3 is 6.15 Å². The van der Waals surface area contributed by atoms with Gasteiger partial charge < -0.3 is 9.47 Å². The molecule has 0 aromatic rings. The first-order chi connectivity index (χ1) is 18.5. The summed E-state index contributed by atoms with van der Waals surface area (Å²) in [5.74, 6) is 13.7. The Balaban J connectivity index is -0.000000564. The van der Waals surface area contributed by atoms with E-state index in [0.717, 1.165) is 24.3 Å². The van der Waals surface area contributed by atoms with E-state index in [1.54, 1.807) is 14.2 Å². The lowest BCUT2D eigenvalue weighted by Gasteiger charge is -2.37. The molecule has 0 bridgehead atoms. The molecule has 224 valence electrons. The second kappa shape index (κ2) is 26.0. The Morgan fingerprint density at radius 3 is 1.95 bits per heavy atom. The van der Waals surface area contributed by atoms with E-state index in [-0.39, 0.29) is 37.5 Å². The van der Waals surface area contributed by atoms with Crippen LogP contribution in [0.4, 0.5) is 0 Å². The lowest BCUT2D eigenvalue weighted by molar-refractivity contribution is -0.191. The first-order valence-corrected chi connectivity index (χ1v) is 16.5. The Hall–Kier alpha value is -1.88. The molecule has 0 heterocycles. The van der Waals surface area contributed by atoms with Gasteiger partial charge in [0.1, 0.15) is 19.0 Å². The highest BCUT2D eigenvalue weighted by molar-refractivity contribution is 8.51. The molecule has 10 heteroatoms. The van der Waals surface area contributed by atoms with E-state index in [9.17, 15) is 9.59 Å². The van der Waals surface area contributed by atoms with E-state index >= 15 is 0 Å². The maximum atomic E-state index is 12.4. The zero-order valence-electron chi connectivity index (χ0n) is 23.9. The van der Waals surface area contributed by atoms with Gasteiger partial charge in [0.15, 0.2) is 5.78 Å². The molecule has 0 saturated carbocycles. The van der Waals surface area contributed by atoms with Crippen LogP contribution >= 0.6 is 0 Å². The highest BCUT2D eigenvalue weighted by atomic mass is 33.2. The van der Waals surface area contributed by atoms with E-state index in [2.05, 4.69) is 72.9 Å². The maximum absolute atomic E-state index is 12.4. The number of hydrogen-bond acceptors (Lipinski definition) is 8. The third-order valence-electron chi connectivity index (χ3n) is 6.73. The van der Waals surface area contributed by atoms with E-state index < -0.39 is 5.41 Å². The molecule has 40 heavy (non-hydrogen) atoms. The topological polar surface area (TPSA) is 86.7 Å². The van der Waals surface area contributed by atoms with Crippen LogP contribution in [0.15, 0.2) is 23.3 Å². The third kappa shape index (κ3) is 17.0. The van der Waals surface area contributed by atoms with Crippen molar-refractivity contribution in [3.05, 3.63) is 23.3 Å². The van der Waals surface area contributed by atoms with Crippen LogP contribution in [0, 0.1) is 46.9 Å². The molecule has 0 radical (unpaired) electrons. The summed E-state index contributed by atoms with van der Waals surface area (Å²) in [7, 11) is 5.61. The first kappa shape index (κ1) is 42.6. The van der Waals surface area contributed by atoms with Crippen LogP contribution in [0.1, 0.15) is 74.1 Å². The van der Waals surface area contributed by atoms with Gasteiger partial charge in [0.2, 0.25) is 0 Å². The highest BCUT2D eigenvalue weighted by Gasteiger charge is 2.43. The molecule has 2 aliphatic carbocycles. The number of ether oxygens (including phenoxy) is 2. The van der Waals surface area contributed by atoms with Crippen molar-refractivity contribution in [2.24, 2.45) is 23.2 Å². The first-order valence-electron chi connectivity index (χ1n) is 12.5. The largest absolute Gasteiger partial charge is 0.373 e. The summed E-state index contributed by atoms with van der Waals surface area (Å²) in [5, 5.41) is 0. The fraction of sp³-hybridized carbons (Fsp3) is 0.633. The van der Waals surface area contributed by atoms with Crippen molar-refractivity contribution < 1.29 is 28.7 Å². The van der Waals surface area contributed by atoms with E-state index in [1.807, 2.05) is 13.0 Å². The number of rotatable bonds is 5. The van der Waals surface area contributed by atoms with Crippen molar-refractivity contribution in [1.82, 2.24) is 0 Å². The Morgan fingerprint density at radius 1 is 0.975 bits per heavy atom. The molecule has 0 unspecified atom stereocenters. The number of carbonyl (C=O) groups excluding carboxylic acids is 4. The molecule has 0 N–H and O–H groups in total. The molecule has 2 rings (SSSR count). The number of Topliss-reactive ketones (excluding diaryl/α,β-unsaturated/α-hetero) is 2. The fourth-order valence-electron chi connectivity index (χ4n) is 4.08. The average molecular weight is 629 g/mol. The minimum Gasteiger partial charge on any atom is -0.372 e. The molecule has 0 aromatic heterocycles. The lowest BCUT2D eigenvalue weighted by Crippen LogP contribution is -2.39. The van der Waals surface area contributed by atoms with Crippen molar-refractivity contribution in [3.8, 4) is 23.7 Å². The summed E-state index contributed by atoms with van der Waals surface area (Å²) in [6, 6.07) is 0. The van der Waals surface area contributed by atoms with Gasteiger partial charge in [-0.3, -0.25) is 9.59 Å². The van der Waals surface area contributed by atoms with Crippen LogP contribution in [-0.2, 0) is 68.8 Å². The Bertz CT molecular complexity index is 1080. The zero-order chi connectivity index (χ0) is 30.3. The molecule has 6 nitrogen and oxygen atoms in total. The molecule has 0 saturated heterocycles. The van der Waals surface area contributed by atoms with Crippen LogP contribution in [0.2, 0.25) is 0 Å². The van der Waals surface area contributed by atoms with Crippen molar-refractivity contribution in [2.75, 3.05) is 27.4 Å². The van der Waals surface area contributed by atoms with E-state index in [4.69, 9.17) is 19.1 Å². The van der Waals surface area contributed by atoms with Gasteiger partial charge in [0.25, 0.3) is 0 Å². The lowest BCUT2D eigenvalue weighted by atomic mass is 9.64. The van der Waals surface area contributed by atoms with E-state index in [1.165, 1.54) is 43.1 Å². The second-order valence-corrected chi connectivity index (χ2v) is 12.8. The smallest absolute Gasteiger partial charge is 0.372 e. The zero-order valence-corrected chi connectivity index (χ0v) is 27.2. The highest BCUT2D eigenvalue weighted by Crippen LogP contribution is 2.43. The standard InChI is InChI=1S/C16H22O3.C12H18O.CO2.CH4.S4/c1-12-7-5-8-14(9-6-10-19-4)16(12,3)15(18)11-13(2)17;1-10-6-4-7-12(11(10)2)8-5-9-13-3;2-1-3;;1-3-4-2/h8,12H,5,7,10-11H2,1-4H3;7,10-11H,4,6,9H2,1-3H3;;1H4;/t12-,16-;10-,11+;;;/m11.../s1. The number of methoxy groups -OCH3 is 2. The molecular formula is C30H44O6S4. The molecule has 0 spiro atoms. The van der Waals surface area contributed by atoms with Crippen LogP contribution < -0.4 is 0 Å². The van der Waals surface area contributed by atoms with Crippen molar-refractivity contribution >= 4 is 57.9 Å². The Kier molecular flexibility index (Phi) is 27.7. The molecule has 2 aliphatic rings. The van der Waals surface area contributed by atoms with Crippen molar-refractivity contribution in [1.29, 1.82) is 0 Å². The van der Waals surface area contributed by atoms with Crippen LogP contribution in [-0.4, -0.2) is 45.2 Å². The monoisotopic (exact) mass is 628 g/mol. The predicted octanol–water partition coefficient (Wildman–Crippen LogP) is 5.22. The summed E-state index contributed by atoms with van der Waals surface area (Å²) in [4.78, 5) is 39.9. The van der Waals surface area contributed by atoms with Crippen LogP contribution in [0.3, 0.4) is 0 Å². The molecule has 0 amide bonds. The van der Waals surface area contributed by atoms with E-state index in [0.29, 0.717) is 19.1 Å². The summed E-state index contributed by atoms with van der Waals surface area (Å²) < 4.78 is 9.81. The summed E-state index contributed by atoms with van der Waals surface area (Å²) in [5.41, 5.74) is 1.51. The Labute approximate surface area is 257 Å². The van der Waals surface area contributed by atoms with Gasteiger partial charge in [0, 0.05) is 65.5 Å². The van der Waals surface area contributed by atoms with Crippen LogP contribution in [0.5, 0.6) is 0 Å². The van der Waals surface area contributed by atoms with Crippen molar-refractivity contribution in [2.45, 2.75) is 74.1 Å². The Morgan fingerprint density at radius 2 is 1.48 bits per heavy atom. The fourth-order valence-corrected chi connectivity index (χ4v) is 4.08. The van der Waals surface area contributed by atoms with Crippen molar-refractivity contribution in [3.63, 3.8) is 0 Å². The summed E-state index contributed by atoms with van der Waals surface area (Å²) >= 11 is 8.66. The van der Waals surface area contributed by atoms with Crippen LogP contribution in [0.25, 0.3) is 0 Å². The SMILES string of the molecule is C.COCC#CC1=CCC[C@@H](C)[C@@H]1C.COCC#CC1=CCC[C@@H](C)[C@@]1(C)C(=O)CC(C)=O.O=C=O.S=S=S=S. The summed E-state index contributed by atoms with van der Waals surface area (Å²) in [6.07, 6.45) is 8.91. The second-order valence-electron chi connectivity index (χ2n) is 9.29. The third-order valence-corrected chi connectivity index (χ3v) is 8.95. The maximum Gasteiger partial charge on any atom is 0.373 e. The number of hydrogen-bond donors (Lipinski definition) is 0. The molecule has 4 atom stereocenters. The van der Waals surface area contributed by atoms with Gasteiger partial charge in [-0.15, -0.1) is 0 Å². The molecule has 0 aromatic carbocycles. The van der Waals surface area contributed by atoms with Gasteiger partial charge in [-0.05, 0) is 57.3 Å². The number of allylic oxidation sites excluding steroid dienone is 4. The minimum atomic E-state index is -0.634. The summed E-state index contributed by atoms with van der Waals surface area (Å²) in [6.45, 7) is 10.9. The van der Waals surface area contributed by atoms with Gasteiger partial charge in [-0.2, -0.15) is 9.59 Å². The predicted molar refractivity (Wildman–Crippen MR) is 171 cm³/mol. The molecule has 0 aliphatic heterocycles. The molecule has 0 fully saturated rings. The normalized spacial score (nSPS) is 22.0. The number of carbonyl (C=O) groups is 2. The minimum absolute atomic E-state index is 0. The molecular weight excluding hydrogens is 585 g/mol. The van der Waals surface area contributed by atoms with Gasteiger partial charge in [0.05, 0.1) is 11.8 Å². The number of ketones is 2. The van der Waals surface area contributed by atoms with Gasteiger partial charge in [-0.1, -0.05) is 64.0 Å². The van der Waals surface area contributed by atoms with Gasteiger partial charge in [-0.25, -0.2) is 0 Å². The quantitative estimate of drug-likeness (QED) is 0.303.